The van der Waals surface area contributed by atoms with Crippen molar-refractivity contribution in [2.75, 3.05) is 27.2 Å². The summed E-state index contributed by atoms with van der Waals surface area (Å²) in [5, 5.41) is 8.59. The van der Waals surface area contributed by atoms with Gasteiger partial charge >= 0.3 is 0 Å². The molecule has 34 heavy (non-hydrogen) atoms. The van der Waals surface area contributed by atoms with E-state index in [-0.39, 0.29) is 5.91 Å². The zero-order valence-corrected chi connectivity index (χ0v) is 19.1. The Hall–Kier alpha value is -4.11. The van der Waals surface area contributed by atoms with E-state index in [4.69, 9.17) is 0 Å². The maximum Gasteiger partial charge on any atom is 0.251 e. The molecule has 0 atom stereocenters. The van der Waals surface area contributed by atoms with Gasteiger partial charge in [-0.2, -0.15) is 5.10 Å². The van der Waals surface area contributed by atoms with E-state index in [1.807, 2.05) is 38.3 Å². The Morgan fingerprint density at radius 1 is 1.12 bits per heavy atom. The van der Waals surface area contributed by atoms with Crippen molar-refractivity contribution < 1.29 is 9.18 Å². The number of aromatic amines is 1. The number of carbonyl (C=O) groups excluding carboxylic acids is 1. The van der Waals surface area contributed by atoms with Gasteiger partial charge in [0, 0.05) is 53.8 Å². The second-order valence-electron chi connectivity index (χ2n) is 8.48. The highest BCUT2D eigenvalue weighted by atomic mass is 19.1. The summed E-state index contributed by atoms with van der Waals surface area (Å²) in [5.74, 6) is -0.593. The summed E-state index contributed by atoms with van der Waals surface area (Å²) in [4.78, 5) is 26.4. The van der Waals surface area contributed by atoms with E-state index in [2.05, 4.69) is 25.4 Å². The highest BCUT2D eigenvalue weighted by Gasteiger charge is 2.18. The molecule has 0 saturated carbocycles. The third-order valence-corrected chi connectivity index (χ3v) is 5.74. The average molecular weight is 458 g/mol. The van der Waals surface area contributed by atoms with Gasteiger partial charge < -0.3 is 15.2 Å². The minimum atomic E-state index is -0.434. The molecule has 0 radical (unpaired) electrons. The summed E-state index contributed by atoms with van der Waals surface area (Å²) in [7, 11) is 5.74. The van der Waals surface area contributed by atoms with Crippen LogP contribution >= 0.6 is 0 Å². The van der Waals surface area contributed by atoms with Gasteiger partial charge in [0.05, 0.1) is 29.8 Å². The van der Waals surface area contributed by atoms with E-state index in [0.29, 0.717) is 34.3 Å². The molecule has 9 heteroatoms. The van der Waals surface area contributed by atoms with E-state index in [1.54, 1.807) is 41.3 Å². The van der Waals surface area contributed by atoms with Gasteiger partial charge in [0.25, 0.3) is 5.91 Å². The first kappa shape index (κ1) is 21.7. The molecule has 0 unspecified atom stereocenters. The molecular weight excluding hydrogens is 433 g/mol. The van der Waals surface area contributed by atoms with Gasteiger partial charge in [-0.1, -0.05) is 12.1 Å². The fourth-order valence-corrected chi connectivity index (χ4v) is 4.01. The third kappa shape index (κ3) is 4.01. The number of H-pyrrole nitrogens is 1. The van der Waals surface area contributed by atoms with Gasteiger partial charge in [0.2, 0.25) is 0 Å². The molecule has 1 aromatic carbocycles. The van der Waals surface area contributed by atoms with E-state index in [1.165, 1.54) is 6.20 Å². The monoisotopic (exact) mass is 457 g/mol. The molecule has 0 aliphatic rings. The highest BCUT2D eigenvalue weighted by Crippen LogP contribution is 2.36. The number of halogens is 1. The quantitative estimate of drug-likeness (QED) is 0.407. The molecule has 0 fully saturated rings. The van der Waals surface area contributed by atoms with Gasteiger partial charge in [0.1, 0.15) is 11.5 Å². The molecular formula is C25H24FN7O. The van der Waals surface area contributed by atoms with E-state index < -0.39 is 5.82 Å². The van der Waals surface area contributed by atoms with Crippen LogP contribution in [-0.2, 0) is 7.05 Å². The van der Waals surface area contributed by atoms with E-state index >= 15 is 4.39 Å². The van der Waals surface area contributed by atoms with Gasteiger partial charge in [-0.25, -0.2) is 9.37 Å². The molecule has 0 aliphatic carbocycles. The van der Waals surface area contributed by atoms with Gasteiger partial charge in [-0.05, 0) is 37.9 Å². The molecule has 2 N–H and O–H groups in total. The Labute approximate surface area is 195 Å². The maximum atomic E-state index is 15.1. The summed E-state index contributed by atoms with van der Waals surface area (Å²) < 4.78 is 16.9. The molecule has 0 spiro atoms. The van der Waals surface area contributed by atoms with Crippen LogP contribution < -0.4 is 5.32 Å². The van der Waals surface area contributed by atoms with Crippen molar-refractivity contribution >= 4 is 27.8 Å². The molecule has 4 aromatic heterocycles. The van der Waals surface area contributed by atoms with Crippen molar-refractivity contribution in [2.45, 2.75) is 0 Å². The Balaban J connectivity index is 1.56. The van der Waals surface area contributed by atoms with Crippen LogP contribution in [0.1, 0.15) is 10.4 Å². The first-order valence-corrected chi connectivity index (χ1v) is 10.9. The molecule has 0 bridgehead atoms. The summed E-state index contributed by atoms with van der Waals surface area (Å²) in [6.07, 6.45) is 6.56. The lowest BCUT2D eigenvalue weighted by molar-refractivity contribution is 0.0951. The van der Waals surface area contributed by atoms with Gasteiger partial charge in [-0.3, -0.25) is 14.5 Å². The Morgan fingerprint density at radius 3 is 2.62 bits per heavy atom. The van der Waals surface area contributed by atoms with Crippen molar-refractivity contribution in [1.82, 2.24) is 34.9 Å². The van der Waals surface area contributed by atoms with Crippen LogP contribution in [0.2, 0.25) is 0 Å². The summed E-state index contributed by atoms with van der Waals surface area (Å²) >= 11 is 0. The third-order valence-electron chi connectivity index (χ3n) is 5.74. The first-order valence-electron chi connectivity index (χ1n) is 10.9. The standard InChI is InChI=1S/C25H24FN7O/c1-32(2)9-8-27-25(34)16-6-4-15(5-7-16)22-19(26)12-29-24-23(22)18-10-20(28-13-21(18)31-24)17-11-30-33(3)14-17/h4-7,10-14H,8-9H2,1-3H3,(H,27,34)(H,29,31). The van der Waals surface area contributed by atoms with Gasteiger partial charge in [-0.15, -0.1) is 0 Å². The molecule has 172 valence electrons. The lowest BCUT2D eigenvalue weighted by Gasteiger charge is -2.11. The maximum absolute atomic E-state index is 15.1. The van der Waals surface area contributed by atoms with Crippen molar-refractivity contribution in [3.63, 3.8) is 0 Å². The fraction of sp³-hybridized carbons (Fsp3) is 0.200. The number of amides is 1. The lowest BCUT2D eigenvalue weighted by Crippen LogP contribution is -2.31. The number of rotatable bonds is 6. The van der Waals surface area contributed by atoms with Crippen LogP contribution in [0.4, 0.5) is 4.39 Å². The fourth-order valence-electron chi connectivity index (χ4n) is 4.01. The van der Waals surface area contributed by atoms with Crippen molar-refractivity contribution in [3.05, 3.63) is 66.5 Å². The second-order valence-corrected chi connectivity index (χ2v) is 8.48. The second kappa shape index (κ2) is 8.68. The number of benzene rings is 1. The highest BCUT2D eigenvalue weighted by molar-refractivity contribution is 6.13. The number of aryl methyl sites for hydroxylation is 1. The van der Waals surface area contributed by atoms with Crippen LogP contribution in [-0.4, -0.2) is 62.7 Å². The lowest BCUT2D eigenvalue weighted by atomic mass is 9.99. The van der Waals surface area contributed by atoms with Crippen molar-refractivity contribution in [3.8, 4) is 22.4 Å². The molecule has 4 heterocycles. The molecule has 1 amide bonds. The van der Waals surface area contributed by atoms with E-state index in [9.17, 15) is 4.79 Å². The summed E-state index contributed by atoms with van der Waals surface area (Å²) in [6, 6.07) is 8.87. The zero-order chi connectivity index (χ0) is 23.8. The molecule has 0 aliphatic heterocycles. The van der Waals surface area contributed by atoms with Crippen molar-refractivity contribution in [1.29, 1.82) is 0 Å². The topological polar surface area (TPSA) is 91.7 Å². The van der Waals surface area contributed by atoms with Crippen LogP contribution in [0.15, 0.2) is 55.1 Å². The van der Waals surface area contributed by atoms with Crippen LogP contribution in [0.25, 0.3) is 44.3 Å². The van der Waals surface area contributed by atoms with Crippen LogP contribution in [0, 0.1) is 5.82 Å². The smallest absolute Gasteiger partial charge is 0.251 e. The summed E-state index contributed by atoms with van der Waals surface area (Å²) in [6.45, 7) is 1.30. The van der Waals surface area contributed by atoms with Gasteiger partial charge in [0.15, 0.2) is 0 Å². The van der Waals surface area contributed by atoms with Crippen LogP contribution in [0.5, 0.6) is 0 Å². The molecule has 5 rings (SSSR count). The minimum Gasteiger partial charge on any atom is -0.351 e. The Bertz CT molecular complexity index is 1500. The predicted molar refractivity (Wildman–Crippen MR) is 130 cm³/mol. The average Bonchev–Trinajstić information content (AvgIpc) is 3.42. The normalized spacial score (nSPS) is 11.6. The number of fused-ring (bicyclic) bond motifs is 3. The minimum absolute atomic E-state index is 0.159. The zero-order valence-electron chi connectivity index (χ0n) is 19.1. The first-order chi connectivity index (χ1) is 16.4. The number of aromatic nitrogens is 5. The Morgan fingerprint density at radius 2 is 1.91 bits per heavy atom. The molecule has 0 saturated heterocycles. The number of hydrogen-bond donors (Lipinski definition) is 2. The number of nitrogens with zero attached hydrogens (tertiary/aromatic N) is 5. The van der Waals surface area contributed by atoms with E-state index in [0.717, 1.165) is 28.7 Å². The number of pyridine rings is 2. The number of nitrogens with one attached hydrogen (secondary N) is 2. The number of likely N-dealkylation sites (N-methyl/N-ethyl adjacent to an activating group) is 1. The SMILES string of the molecule is CN(C)CCNC(=O)c1ccc(-c2c(F)cnc3[nH]c4cnc(-c5cnn(C)c5)cc4c23)cc1. The Kier molecular flexibility index (Phi) is 5.54. The molecule has 8 nitrogen and oxygen atoms in total. The number of hydrogen-bond acceptors (Lipinski definition) is 5. The summed E-state index contributed by atoms with van der Waals surface area (Å²) in [5.41, 5.74) is 4.56. The van der Waals surface area contributed by atoms with Crippen LogP contribution in [0.3, 0.4) is 0 Å². The largest absolute Gasteiger partial charge is 0.351 e. The number of carbonyl (C=O) groups is 1. The van der Waals surface area contributed by atoms with Crippen molar-refractivity contribution in [2.24, 2.45) is 7.05 Å². The predicted octanol–water partition coefficient (Wildman–Crippen LogP) is 3.61. The molecule has 5 aromatic rings.